The van der Waals surface area contributed by atoms with Crippen molar-refractivity contribution in [2.75, 3.05) is 13.1 Å². The van der Waals surface area contributed by atoms with Gasteiger partial charge in [0, 0.05) is 0 Å². The van der Waals surface area contributed by atoms with Crippen LogP contribution >= 0.6 is 0 Å². The van der Waals surface area contributed by atoms with Crippen LogP contribution in [0, 0.1) is 11.3 Å². The molecule has 0 aromatic rings. The van der Waals surface area contributed by atoms with Gasteiger partial charge in [-0.05, 0) is 43.7 Å². The van der Waals surface area contributed by atoms with Crippen LogP contribution in [0.4, 0.5) is 13.2 Å². The first-order valence-electron chi connectivity index (χ1n) is 7.04. The smallest absolute Gasteiger partial charge is 0.404 e. The van der Waals surface area contributed by atoms with Crippen molar-refractivity contribution in [2.45, 2.75) is 58.7 Å². The number of halogens is 3. The highest BCUT2D eigenvalue weighted by Crippen LogP contribution is 2.36. The number of hydrogen-bond donors (Lipinski definition) is 1. The predicted octanol–water partition coefficient (Wildman–Crippen LogP) is 3.54. The summed E-state index contributed by atoms with van der Waals surface area (Å²) in [6.07, 6.45) is -3.08. The molecule has 0 aliphatic carbocycles. The van der Waals surface area contributed by atoms with Gasteiger partial charge >= 0.3 is 12.1 Å². The molecule has 6 heteroatoms. The van der Waals surface area contributed by atoms with Gasteiger partial charge < -0.3 is 5.11 Å². The second kappa shape index (κ2) is 6.33. The Kier molecular flexibility index (Phi) is 5.46. The molecule has 1 aliphatic rings. The standard InChI is InChI=1S/C14H24F3NO2/c1-13(2,3)10-5-4-7-18(8-6-10)11(9-12(19)20)14(15,16)17/h10-11H,4-9H2,1-3H3,(H,19,20). The maximum absolute atomic E-state index is 13.0. The Balaban J connectivity index is 2.76. The van der Waals surface area contributed by atoms with E-state index >= 15 is 0 Å². The van der Waals surface area contributed by atoms with Gasteiger partial charge in [-0.3, -0.25) is 9.69 Å². The van der Waals surface area contributed by atoms with Crippen molar-refractivity contribution in [3.63, 3.8) is 0 Å². The van der Waals surface area contributed by atoms with Crippen LogP contribution in [0.5, 0.6) is 0 Å². The van der Waals surface area contributed by atoms with Crippen LogP contribution in [0.15, 0.2) is 0 Å². The van der Waals surface area contributed by atoms with Gasteiger partial charge in [0.15, 0.2) is 0 Å². The van der Waals surface area contributed by atoms with Crippen LogP contribution in [0.2, 0.25) is 0 Å². The summed E-state index contributed by atoms with van der Waals surface area (Å²) in [4.78, 5) is 12.0. The zero-order chi connectivity index (χ0) is 15.6. The number of hydrogen-bond acceptors (Lipinski definition) is 2. The Morgan fingerprint density at radius 1 is 1.25 bits per heavy atom. The van der Waals surface area contributed by atoms with Gasteiger partial charge in [0.05, 0.1) is 6.42 Å². The molecule has 20 heavy (non-hydrogen) atoms. The predicted molar refractivity (Wildman–Crippen MR) is 70.5 cm³/mol. The third kappa shape index (κ3) is 4.96. The minimum absolute atomic E-state index is 0.0799. The molecule has 1 N–H and O–H groups in total. The molecule has 1 saturated heterocycles. The number of rotatable bonds is 3. The third-order valence-electron chi connectivity index (χ3n) is 4.17. The average Bonchev–Trinajstić information content (AvgIpc) is 2.48. The highest BCUT2D eigenvalue weighted by atomic mass is 19.4. The summed E-state index contributed by atoms with van der Waals surface area (Å²) >= 11 is 0. The van der Waals surface area contributed by atoms with Crippen molar-refractivity contribution < 1.29 is 23.1 Å². The molecular formula is C14H24F3NO2. The van der Waals surface area contributed by atoms with Gasteiger partial charge in [-0.2, -0.15) is 13.2 Å². The lowest BCUT2D eigenvalue weighted by molar-refractivity contribution is -0.190. The van der Waals surface area contributed by atoms with Gasteiger partial charge in [-0.25, -0.2) is 0 Å². The van der Waals surface area contributed by atoms with E-state index in [1.54, 1.807) is 0 Å². The number of likely N-dealkylation sites (tertiary alicyclic amines) is 1. The van der Waals surface area contributed by atoms with Crippen molar-refractivity contribution in [3.05, 3.63) is 0 Å². The van der Waals surface area contributed by atoms with Crippen LogP contribution in [-0.2, 0) is 4.79 Å². The van der Waals surface area contributed by atoms with E-state index in [0.717, 1.165) is 6.42 Å². The van der Waals surface area contributed by atoms with Crippen molar-refractivity contribution >= 4 is 5.97 Å². The van der Waals surface area contributed by atoms with E-state index in [1.165, 1.54) is 4.90 Å². The van der Waals surface area contributed by atoms with E-state index < -0.39 is 24.6 Å². The van der Waals surface area contributed by atoms with Crippen LogP contribution in [-0.4, -0.2) is 41.3 Å². The number of carbonyl (C=O) groups is 1. The first-order chi connectivity index (χ1) is 9.01. The summed E-state index contributed by atoms with van der Waals surface area (Å²) in [5.41, 5.74) is 0.0799. The van der Waals surface area contributed by atoms with Crippen LogP contribution in [0.3, 0.4) is 0 Å². The van der Waals surface area contributed by atoms with E-state index in [0.29, 0.717) is 31.8 Å². The first-order valence-corrected chi connectivity index (χ1v) is 7.04. The van der Waals surface area contributed by atoms with E-state index in [1.807, 2.05) is 0 Å². The van der Waals surface area contributed by atoms with E-state index in [-0.39, 0.29) is 5.41 Å². The van der Waals surface area contributed by atoms with Gasteiger partial charge in [-0.15, -0.1) is 0 Å². The summed E-state index contributed by atoms with van der Waals surface area (Å²) in [6.45, 7) is 6.95. The summed E-state index contributed by atoms with van der Waals surface area (Å²) in [5, 5.41) is 8.70. The summed E-state index contributed by atoms with van der Waals surface area (Å²) in [7, 11) is 0. The lowest BCUT2D eigenvalue weighted by Gasteiger charge is -2.32. The van der Waals surface area contributed by atoms with Gasteiger partial charge in [0.1, 0.15) is 6.04 Å². The zero-order valence-corrected chi connectivity index (χ0v) is 12.3. The molecule has 0 saturated carbocycles. The minimum Gasteiger partial charge on any atom is -0.481 e. The van der Waals surface area contributed by atoms with Crippen molar-refractivity contribution in [2.24, 2.45) is 11.3 Å². The topological polar surface area (TPSA) is 40.5 Å². The summed E-state index contributed by atoms with van der Waals surface area (Å²) < 4.78 is 39.1. The molecular weight excluding hydrogens is 271 g/mol. The highest BCUT2D eigenvalue weighted by Gasteiger charge is 2.45. The second-order valence-corrected chi connectivity index (χ2v) is 6.69. The summed E-state index contributed by atoms with van der Waals surface area (Å²) in [6, 6.07) is -1.86. The Hall–Kier alpha value is -0.780. The second-order valence-electron chi connectivity index (χ2n) is 6.69. The van der Waals surface area contributed by atoms with Crippen molar-refractivity contribution in [1.29, 1.82) is 0 Å². The molecule has 1 aliphatic heterocycles. The highest BCUT2D eigenvalue weighted by molar-refractivity contribution is 5.67. The minimum atomic E-state index is -4.49. The molecule has 1 heterocycles. The molecule has 3 nitrogen and oxygen atoms in total. The fourth-order valence-corrected chi connectivity index (χ4v) is 2.91. The van der Waals surface area contributed by atoms with Crippen LogP contribution in [0.25, 0.3) is 0 Å². The summed E-state index contributed by atoms with van der Waals surface area (Å²) in [5.74, 6) is -1.02. The Morgan fingerprint density at radius 2 is 1.85 bits per heavy atom. The molecule has 2 unspecified atom stereocenters. The molecule has 0 amide bonds. The van der Waals surface area contributed by atoms with E-state index in [9.17, 15) is 18.0 Å². The van der Waals surface area contributed by atoms with E-state index in [2.05, 4.69) is 20.8 Å². The molecule has 0 spiro atoms. The van der Waals surface area contributed by atoms with E-state index in [4.69, 9.17) is 5.11 Å². The fraction of sp³-hybridized carbons (Fsp3) is 0.929. The Morgan fingerprint density at radius 3 is 2.30 bits per heavy atom. The molecule has 118 valence electrons. The van der Waals surface area contributed by atoms with Gasteiger partial charge in [0.25, 0.3) is 0 Å². The fourth-order valence-electron chi connectivity index (χ4n) is 2.91. The van der Waals surface area contributed by atoms with Gasteiger partial charge in [-0.1, -0.05) is 20.8 Å². The Bertz CT molecular complexity index is 336. The lowest BCUT2D eigenvalue weighted by atomic mass is 9.77. The normalized spacial score (nSPS) is 24.2. The number of carboxylic acid groups (broad SMARTS) is 1. The zero-order valence-electron chi connectivity index (χ0n) is 12.3. The largest absolute Gasteiger partial charge is 0.481 e. The maximum atomic E-state index is 13.0. The molecule has 0 radical (unpaired) electrons. The number of nitrogens with zero attached hydrogens (tertiary/aromatic N) is 1. The molecule has 1 fully saturated rings. The number of alkyl halides is 3. The molecule has 2 atom stereocenters. The quantitative estimate of drug-likeness (QED) is 0.865. The third-order valence-corrected chi connectivity index (χ3v) is 4.17. The van der Waals surface area contributed by atoms with Crippen molar-refractivity contribution in [1.82, 2.24) is 4.90 Å². The van der Waals surface area contributed by atoms with Gasteiger partial charge in [0.2, 0.25) is 0 Å². The van der Waals surface area contributed by atoms with Crippen LogP contribution < -0.4 is 0 Å². The average molecular weight is 295 g/mol. The molecule has 1 rings (SSSR count). The Labute approximate surface area is 118 Å². The monoisotopic (exact) mass is 295 g/mol. The molecule has 0 bridgehead atoms. The lowest BCUT2D eigenvalue weighted by Crippen LogP contribution is -2.47. The van der Waals surface area contributed by atoms with Crippen LogP contribution in [0.1, 0.15) is 46.5 Å². The SMILES string of the molecule is CC(C)(C)C1CCCN(C(CC(=O)O)C(F)(F)F)CC1. The molecule has 0 aromatic carbocycles. The molecule has 0 aromatic heterocycles. The maximum Gasteiger partial charge on any atom is 0.404 e. The van der Waals surface area contributed by atoms with Crippen molar-refractivity contribution in [3.8, 4) is 0 Å². The number of carboxylic acids is 1. The number of aliphatic carboxylic acids is 1. The first kappa shape index (κ1) is 17.3.